The summed E-state index contributed by atoms with van der Waals surface area (Å²) in [5, 5.41) is 0. The average Bonchev–Trinajstić information content (AvgIpc) is 2.30. The summed E-state index contributed by atoms with van der Waals surface area (Å²) in [4.78, 5) is 0.948. The third kappa shape index (κ3) is 3.27. The van der Waals surface area contributed by atoms with E-state index in [2.05, 4.69) is 32.9 Å². The van der Waals surface area contributed by atoms with Crippen LogP contribution in [0.15, 0.2) is 12.1 Å². The Morgan fingerprint density at radius 3 is 2.53 bits per heavy atom. The first-order chi connectivity index (χ1) is 8.01. The fourth-order valence-electron chi connectivity index (χ4n) is 1.83. The first-order valence-electron chi connectivity index (χ1n) is 5.93. The molecule has 0 atom stereocenters. The Kier molecular flexibility index (Phi) is 5.09. The van der Waals surface area contributed by atoms with Crippen LogP contribution in [-0.2, 0) is 6.42 Å². The van der Waals surface area contributed by atoms with E-state index in [4.69, 9.17) is 22.7 Å². The van der Waals surface area contributed by atoms with E-state index in [1.807, 2.05) is 0 Å². The van der Waals surface area contributed by atoms with Crippen LogP contribution < -0.4 is 10.5 Å². The monoisotopic (exact) mass is 251 g/mol. The van der Waals surface area contributed by atoms with Crippen LogP contribution >= 0.6 is 12.2 Å². The minimum atomic E-state index is 0.346. The van der Waals surface area contributed by atoms with Gasteiger partial charge in [0, 0.05) is 10.4 Å². The van der Waals surface area contributed by atoms with Gasteiger partial charge in [-0.2, -0.15) is 0 Å². The van der Waals surface area contributed by atoms with E-state index in [9.17, 15) is 0 Å². The topological polar surface area (TPSA) is 35.2 Å². The van der Waals surface area contributed by atoms with Crippen molar-refractivity contribution >= 4 is 17.1 Å². The SMILES string of the molecule is COc1cc(CCN)c(C)cc1C(=S)C(C)C. The van der Waals surface area contributed by atoms with Crippen molar-refractivity contribution in [3.05, 3.63) is 28.8 Å². The Balaban J connectivity index is 3.23. The standard InChI is InChI=1S/C14H21NOS/c1-9(2)14(17)12-7-10(3)11(5-6-15)8-13(12)16-4/h7-9H,5-6,15H2,1-4H3. The molecule has 0 aliphatic carbocycles. The van der Waals surface area contributed by atoms with Gasteiger partial charge in [0.25, 0.3) is 0 Å². The van der Waals surface area contributed by atoms with Gasteiger partial charge >= 0.3 is 0 Å². The molecule has 1 aromatic rings. The minimum absolute atomic E-state index is 0.346. The number of ether oxygens (including phenoxy) is 1. The zero-order valence-corrected chi connectivity index (χ0v) is 11.9. The average molecular weight is 251 g/mol. The quantitative estimate of drug-likeness (QED) is 0.645. The minimum Gasteiger partial charge on any atom is -0.496 e. The first-order valence-corrected chi connectivity index (χ1v) is 6.33. The summed E-state index contributed by atoms with van der Waals surface area (Å²) in [7, 11) is 1.68. The van der Waals surface area contributed by atoms with Gasteiger partial charge in [0.2, 0.25) is 0 Å². The summed E-state index contributed by atoms with van der Waals surface area (Å²) in [6, 6.07) is 4.18. The van der Waals surface area contributed by atoms with Crippen molar-refractivity contribution in [3.8, 4) is 5.75 Å². The molecule has 0 radical (unpaired) electrons. The largest absolute Gasteiger partial charge is 0.496 e. The molecule has 0 amide bonds. The lowest BCUT2D eigenvalue weighted by atomic mass is 9.96. The van der Waals surface area contributed by atoms with Crippen LogP contribution in [0.3, 0.4) is 0 Å². The molecule has 1 rings (SSSR count). The highest BCUT2D eigenvalue weighted by atomic mass is 32.1. The third-order valence-electron chi connectivity index (χ3n) is 2.86. The number of aryl methyl sites for hydroxylation is 1. The molecule has 17 heavy (non-hydrogen) atoms. The Labute approximate surface area is 109 Å². The zero-order chi connectivity index (χ0) is 13.0. The van der Waals surface area contributed by atoms with Crippen LogP contribution in [-0.4, -0.2) is 18.5 Å². The van der Waals surface area contributed by atoms with Crippen LogP contribution in [0.5, 0.6) is 5.75 Å². The van der Waals surface area contributed by atoms with Gasteiger partial charge in [0.05, 0.1) is 7.11 Å². The number of hydrogen-bond donors (Lipinski definition) is 1. The van der Waals surface area contributed by atoms with Gasteiger partial charge in [-0.25, -0.2) is 0 Å². The molecule has 2 nitrogen and oxygen atoms in total. The highest BCUT2D eigenvalue weighted by Crippen LogP contribution is 2.26. The molecule has 0 aliphatic heterocycles. The molecule has 0 aliphatic rings. The maximum atomic E-state index is 5.60. The van der Waals surface area contributed by atoms with Crippen molar-refractivity contribution in [1.82, 2.24) is 0 Å². The molecule has 1 aromatic carbocycles. The fourth-order valence-corrected chi connectivity index (χ4v) is 1.99. The van der Waals surface area contributed by atoms with E-state index >= 15 is 0 Å². The van der Waals surface area contributed by atoms with E-state index in [1.165, 1.54) is 11.1 Å². The Hall–Kier alpha value is -0.930. The summed E-state index contributed by atoms with van der Waals surface area (Å²) in [5.41, 5.74) is 9.10. The molecule has 0 saturated heterocycles. The number of thiocarbonyl (C=S) groups is 1. The second-order valence-electron chi connectivity index (χ2n) is 4.54. The van der Waals surface area contributed by atoms with E-state index in [0.29, 0.717) is 12.5 Å². The molecule has 0 heterocycles. The van der Waals surface area contributed by atoms with E-state index in [-0.39, 0.29) is 0 Å². The molecule has 0 bridgehead atoms. The summed E-state index contributed by atoms with van der Waals surface area (Å²) >= 11 is 5.46. The predicted octanol–water partition coefficient (Wildman–Crippen LogP) is 2.88. The normalized spacial score (nSPS) is 10.7. The summed E-state index contributed by atoms with van der Waals surface area (Å²) < 4.78 is 5.43. The number of rotatable bonds is 5. The molecule has 0 aromatic heterocycles. The third-order valence-corrected chi connectivity index (χ3v) is 3.55. The number of benzene rings is 1. The molecule has 0 spiro atoms. The molecular weight excluding hydrogens is 230 g/mol. The van der Waals surface area contributed by atoms with E-state index in [0.717, 1.165) is 22.6 Å². The molecule has 2 N–H and O–H groups in total. The summed E-state index contributed by atoms with van der Waals surface area (Å²) in [6.07, 6.45) is 0.872. The van der Waals surface area contributed by atoms with Crippen LogP contribution in [0.2, 0.25) is 0 Å². The second kappa shape index (κ2) is 6.12. The first kappa shape index (κ1) is 14.1. The van der Waals surface area contributed by atoms with E-state index in [1.54, 1.807) is 7.11 Å². The van der Waals surface area contributed by atoms with Crippen LogP contribution in [0.25, 0.3) is 0 Å². The smallest absolute Gasteiger partial charge is 0.127 e. The van der Waals surface area contributed by atoms with Gasteiger partial charge < -0.3 is 10.5 Å². The summed E-state index contributed by atoms with van der Waals surface area (Å²) in [5.74, 6) is 1.21. The van der Waals surface area contributed by atoms with Crippen LogP contribution in [0.1, 0.15) is 30.5 Å². The maximum absolute atomic E-state index is 5.60. The number of methoxy groups -OCH3 is 1. The Morgan fingerprint density at radius 1 is 1.41 bits per heavy atom. The fraction of sp³-hybridized carbons (Fsp3) is 0.500. The Morgan fingerprint density at radius 2 is 2.06 bits per heavy atom. The maximum Gasteiger partial charge on any atom is 0.127 e. The summed E-state index contributed by atoms with van der Waals surface area (Å²) in [6.45, 7) is 6.95. The Bertz CT molecular complexity index is 413. The highest BCUT2D eigenvalue weighted by Gasteiger charge is 2.14. The lowest BCUT2D eigenvalue weighted by Gasteiger charge is -2.16. The van der Waals surface area contributed by atoms with Crippen molar-refractivity contribution in [2.24, 2.45) is 11.7 Å². The lowest BCUT2D eigenvalue weighted by Crippen LogP contribution is -2.10. The van der Waals surface area contributed by atoms with Crippen molar-refractivity contribution in [3.63, 3.8) is 0 Å². The molecule has 0 unspecified atom stereocenters. The lowest BCUT2D eigenvalue weighted by molar-refractivity contribution is 0.413. The second-order valence-corrected chi connectivity index (χ2v) is 4.98. The zero-order valence-electron chi connectivity index (χ0n) is 11.0. The van der Waals surface area contributed by atoms with Crippen molar-refractivity contribution < 1.29 is 4.74 Å². The van der Waals surface area contributed by atoms with Crippen molar-refractivity contribution in [1.29, 1.82) is 0 Å². The molecule has 0 saturated carbocycles. The van der Waals surface area contributed by atoms with Gasteiger partial charge in [-0.15, -0.1) is 0 Å². The molecule has 94 valence electrons. The van der Waals surface area contributed by atoms with Gasteiger partial charge in [0.1, 0.15) is 5.75 Å². The van der Waals surface area contributed by atoms with E-state index < -0.39 is 0 Å². The van der Waals surface area contributed by atoms with Gasteiger partial charge in [-0.3, -0.25) is 0 Å². The molecular formula is C14H21NOS. The molecule has 0 fully saturated rings. The van der Waals surface area contributed by atoms with Gasteiger partial charge in [-0.05, 0) is 49.1 Å². The molecule has 3 heteroatoms. The highest BCUT2D eigenvalue weighted by molar-refractivity contribution is 7.80. The van der Waals surface area contributed by atoms with Gasteiger partial charge in [-0.1, -0.05) is 26.1 Å². The van der Waals surface area contributed by atoms with Crippen LogP contribution in [0.4, 0.5) is 0 Å². The number of hydrogen-bond acceptors (Lipinski definition) is 3. The predicted molar refractivity (Wildman–Crippen MR) is 77.0 cm³/mol. The van der Waals surface area contributed by atoms with Crippen molar-refractivity contribution in [2.75, 3.05) is 13.7 Å². The number of nitrogens with two attached hydrogens (primary N) is 1. The van der Waals surface area contributed by atoms with Gasteiger partial charge in [0.15, 0.2) is 0 Å². The van der Waals surface area contributed by atoms with Crippen LogP contribution in [0, 0.1) is 12.8 Å². The van der Waals surface area contributed by atoms with Crippen molar-refractivity contribution in [2.45, 2.75) is 27.2 Å².